The van der Waals surface area contributed by atoms with Gasteiger partial charge in [-0.2, -0.15) is 0 Å². The molecule has 0 amide bonds. The van der Waals surface area contributed by atoms with Gasteiger partial charge < -0.3 is 10.1 Å². The number of benzene rings is 1. The maximum absolute atomic E-state index is 6.13. The fourth-order valence-electron chi connectivity index (χ4n) is 1.33. The Morgan fingerprint density at radius 2 is 2.24 bits per heavy atom. The Hall–Kier alpha value is -0.700. The molecule has 0 heterocycles. The third-order valence-electron chi connectivity index (χ3n) is 2.24. The molecule has 0 radical (unpaired) electrons. The van der Waals surface area contributed by atoms with Gasteiger partial charge in [0.25, 0.3) is 0 Å². The van der Waals surface area contributed by atoms with E-state index in [2.05, 4.69) is 12.2 Å². The van der Waals surface area contributed by atoms with Gasteiger partial charge in [-0.1, -0.05) is 42.3 Å². The van der Waals surface area contributed by atoms with Gasteiger partial charge in [0.1, 0.15) is 12.4 Å². The first-order chi connectivity index (χ1) is 8.19. The van der Waals surface area contributed by atoms with Gasteiger partial charge in [0.15, 0.2) is 0 Å². The van der Waals surface area contributed by atoms with E-state index < -0.39 is 0 Å². The van der Waals surface area contributed by atoms with E-state index in [0.29, 0.717) is 11.6 Å². The first-order valence-corrected chi connectivity index (χ1v) is 6.37. The normalized spacial score (nSPS) is 11.6. The van der Waals surface area contributed by atoms with Gasteiger partial charge in [-0.05, 0) is 25.1 Å². The lowest BCUT2D eigenvalue weighted by Gasteiger charge is -2.13. The Morgan fingerprint density at radius 1 is 1.47 bits per heavy atom. The lowest BCUT2D eigenvalue weighted by Crippen LogP contribution is -2.13. The van der Waals surface area contributed by atoms with Crippen molar-refractivity contribution in [3.05, 3.63) is 39.9 Å². The summed E-state index contributed by atoms with van der Waals surface area (Å²) in [6.07, 6.45) is 0. The molecule has 0 aromatic heterocycles. The fraction of sp³-hybridized carbons (Fsp3) is 0.385. The Bertz CT molecular complexity index is 391. The number of hydrogen-bond acceptors (Lipinski definition) is 2. The summed E-state index contributed by atoms with van der Waals surface area (Å²) < 4.78 is 5.69. The summed E-state index contributed by atoms with van der Waals surface area (Å²) in [6.45, 7) is 6.08. The zero-order chi connectivity index (χ0) is 12.7. The molecule has 2 nitrogen and oxygen atoms in total. The highest BCUT2D eigenvalue weighted by Gasteiger charge is 2.08. The van der Waals surface area contributed by atoms with E-state index in [1.54, 1.807) is 0 Å². The zero-order valence-electron chi connectivity index (χ0n) is 10.1. The highest BCUT2D eigenvalue weighted by atomic mass is 35.5. The van der Waals surface area contributed by atoms with Gasteiger partial charge in [0, 0.05) is 17.6 Å². The maximum Gasteiger partial charge on any atom is 0.142 e. The summed E-state index contributed by atoms with van der Waals surface area (Å²) >= 11 is 11.7. The molecule has 4 heteroatoms. The van der Waals surface area contributed by atoms with Crippen LogP contribution in [-0.4, -0.2) is 13.2 Å². The van der Waals surface area contributed by atoms with Crippen molar-refractivity contribution < 1.29 is 4.74 Å². The highest BCUT2D eigenvalue weighted by Crippen LogP contribution is 2.29. The Labute approximate surface area is 113 Å². The first kappa shape index (κ1) is 14.4. The van der Waals surface area contributed by atoms with Crippen molar-refractivity contribution in [2.45, 2.75) is 20.4 Å². The van der Waals surface area contributed by atoms with Crippen LogP contribution in [0.25, 0.3) is 0 Å². The third-order valence-corrected chi connectivity index (χ3v) is 2.91. The van der Waals surface area contributed by atoms with Crippen LogP contribution in [0.5, 0.6) is 5.75 Å². The molecule has 17 heavy (non-hydrogen) atoms. The number of para-hydroxylation sites is 1. The Kier molecular flexibility index (Phi) is 6.41. The summed E-state index contributed by atoms with van der Waals surface area (Å²) in [5.74, 6) is 0.730. The molecule has 1 aromatic carbocycles. The quantitative estimate of drug-likeness (QED) is 0.847. The van der Waals surface area contributed by atoms with Crippen molar-refractivity contribution in [1.29, 1.82) is 0 Å². The largest absolute Gasteiger partial charge is 0.487 e. The van der Waals surface area contributed by atoms with Crippen molar-refractivity contribution >= 4 is 23.2 Å². The minimum Gasteiger partial charge on any atom is -0.487 e. The molecule has 0 aliphatic heterocycles. The van der Waals surface area contributed by atoms with Crippen molar-refractivity contribution in [2.75, 3.05) is 13.2 Å². The molecule has 0 spiro atoms. The number of ether oxygens (including phenoxy) is 1. The molecule has 0 aliphatic rings. The van der Waals surface area contributed by atoms with E-state index in [-0.39, 0.29) is 0 Å². The molecule has 0 unspecified atom stereocenters. The van der Waals surface area contributed by atoms with Gasteiger partial charge in [0.05, 0.1) is 5.02 Å². The maximum atomic E-state index is 6.13. The van der Waals surface area contributed by atoms with Gasteiger partial charge >= 0.3 is 0 Å². The van der Waals surface area contributed by atoms with Crippen LogP contribution in [0.1, 0.15) is 19.4 Å². The van der Waals surface area contributed by atoms with E-state index in [0.717, 1.165) is 30.0 Å². The van der Waals surface area contributed by atoms with Crippen molar-refractivity contribution in [2.24, 2.45) is 0 Å². The molecule has 0 aliphatic carbocycles. The van der Waals surface area contributed by atoms with Gasteiger partial charge in [0.2, 0.25) is 0 Å². The molecular formula is C13H17Cl2NO. The van der Waals surface area contributed by atoms with Gasteiger partial charge in [-0.25, -0.2) is 0 Å². The number of rotatable bonds is 6. The molecule has 0 bridgehead atoms. The average Bonchev–Trinajstić information content (AvgIpc) is 2.34. The third kappa shape index (κ3) is 4.58. The second kappa shape index (κ2) is 7.59. The van der Waals surface area contributed by atoms with E-state index in [1.165, 1.54) is 5.54 Å². The molecule has 0 saturated carbocycles. The smallest absolute Gasteiger partial charge is 0.142 e. The van der Waals surface area contributed by atoms with Crippen LogP contribution in [-0.2, 0) is 6.54 Å². The Morgan fingerprint density at radius 3 is 2.88 bits per heavy atom. The SMILES string of the molecule is CCNCc1cccc(Cl)c1OC/C(C)=C/Cl. The molecule has 1 aromatic rings. The van der Waals surface area contributed by atoms with E-state index in [9.17, 15) is 0 Å². The zero-order valence-corrected chi connectivity index (χ0v) is 11.6. The lowest BCUT2D eigenvalue weighted by molar-refractivity contribution is 0.348. The second-order valence-corrected chi connectivity index (χ2v) is 4.38. The predicted molar refractivity (Wildman–Crippen MR) is 73.9 cm³/mol. The van der Waals surface area contributed by atoms with Crippen LogP contribution in [0.4, 0.5) is 0 Å². The number of hydrogen-bond donors (Lipinski definition) is 1. The second-order valence-electron chi connectivity index (χ2n) is 3.75. The van der Waals surface area contributed by atoms with Crippen LogP contribution in [0.15, 0.2) is 29.3 Å². The molecular weight excluding hydrogens is 257 g/mol. The molecule has 1 rings (SSSR count). The van der Waals surface area contributed by atoms with Gasteiger partial charge in [-0.15, -0.1) is 0 Å². The summed E-state index contributed by atoms with van der Waals surface area (Å²) in [7, 11) is 0. The fourth-order valence-corrected chi connectivity index (χ4v) is 1.64. The summed E-state index contributed by atoms with van der Waals surface area (Å²) in [6, 6.07) is 5.75. The lowest BCUT2D eigenvalue weighted by atomic mass is 10.2. The van der Waals surface area contributed by atoms with E-state index in [4.69, 9.17) is 27.9 Å². The summed E-state index contributed by atoms with van der Waals surface area (Å²) in [5.41, 5.74) is 3.53. The van der Waals surface area contributed by atoms with Crippen LogP contribution in [0.3, 0.4) is 0 Å². The topological polar surface area (TPSA) is 21.3 Å². The summed E-state index contributed by atoms with van der Waals surface area (Å²) in [4.78, 5) is 0. The van der Waals surface area contributed by atoms with Gasteiger partial charge in [-0.3, -0.25) is 0 Å². The minimum atomic E-state index is 0.451. The molecule has 1 N–H and O–H groups in total. The van der Waals surface area contributed by atoms with E-state index in [1.807, 2.05) is 25.1 Å². The standard InChI is InChI=1S/C13H17Cl2NO/c1-3-16-8-11-5-4-6-12(15)13(11)17-9-10(2)7-14/h4-7,16H,3,8-9H2,1-2H3/b10-7+. The van der Waals surface area contributed by atoms with E-state index >= 15 is 0 Å². The first-order valence-electron chi connectivity index (χ1n) is 5.55. The Balaban J connectivity index is 2.80. The summed E-state index contributed by atoms with van der Waals surface area (Å²) in [5, 5.41) is 3.88. The monoisotopic (exact) mass is 273 g/mol. The average molecular weight is 274 g/mol. The van der Waals surface area contributed by atoms with Crippen LogP contribution in [0, 0.1) is 0 Å². The predicted octanol–water partition coefficient (Wildman–Crippen LogP) is 3.97. The highest BCUT2D eigenvalue weighted by molar-refractivity contribution is 6.32. The molecule has 0 atom stereocenters. The minimum absolute atomic E-state index is 0.451. The van der Waals surface area contributed by atoms with Crippen LogP contribution >= 0.6 is 23.2 Å². The molecule has 0 fully saturated rings. The van der Waals surface area contributed by atoms with Crippen molar-refractivity contribution in [1.82, 2.24) is 5.32 Å². The van der Waals surface area contributed by atoms with Crippen LogP contribution in [0.2, 0.25) is 5.02 Å². The van der Waals surface area contributed by atoms with Crippen molar-refractivity contribution in [3.8, 4) is 5.75 Å². The number of nitrogens with one attached hydrogen (secondary N) is 1. The number of halogens is 2. The van der Waals surface area contributed by atoms with Crippen molar-refractivity contribution in [3.63, 3.8) is 0 Å². The van der Waals surface area contributed by atoms with Crippen LogP contribution < -0.4 is 10.1 Å². The molecule has 94 valence electrons. The molecule has 0 saturated heterocycles.